The van der Waals surface area contributed by atoms with E-state index in [4.69, 9.17) is 5.73 Å². The van der Waals surface area contributed by atoms with Crippen molar-refractivity contribution in [2.45, 2.75) is 6.92 Å². The molecular formula is C6H7BrN3O2+. The number of pyridine rings is 1. The van der Waals surface area contributed by atoms with E-state index in [0.717, 1.165) is 0 Å². The Labute approximate surface area is 76.9 Å². The largest absolute Gasteiger partial charge is 0.360 e. The summed E-state index contributed by atoms with van der Waals surface area (Å²) < 4.78 is 0.642. The molecule has 6 heteroatoms. The van der Waals surface area contributed by atoms with E-state index in [-0.39, 0.29) is 11.5 Å². The van der Waals surface area contributed by atoms with E-state index in [0.29, 0.717) is 10.0 Å². The van der Waals surface area contributed by atoms with Crippen molar-refractivity contribution in [3.63, 3.8) is 0 Å². The normalized spacial score (nSPS) is 9.83. The van der Waals surface area contributed by atoms with Gasteiger partial charge in [-0.05, 0) is 22.9 Å². The van der Waals surface area contributed by atoms with Crippen LogP contribution < -0.4 is 10.7 Å². The van der Waals surface area contributed by atoms with Gasteiger partial charge >= 0.3 is 11.5 Å². The van der Waals surface area contributed by atoms with Gasteiger partial charge in [0.25, 0.3) is 0 Å². The van der Waals surface area contributed by atoms with Crippen LogP contribution in [0.3, 0.4) is 0 Å². The van der Waals surface area contributed by atoms with Crippen LogP contribution in [0.15, 0.2) is 10.7 Å². The van der Waals surface area contributed by atoms with Gasteiger partial charge in [-0.25, -0.2) is 4.98 Å². The van der Waals surface area contributed by atoms with Crippen LogP contribution in [0.5, 0.6) is 0 Å². The third-order valence-corrected chi connectivity index (χ3v) is 2.33. The molecule has 0 atom stereocenters. The Morgan fingerprint density at radius 2 is 2.33 bits per heavy atom. The summed E-state index contributed by atoms with van der Waals surface area (Å²) in [6.45, 7) is 1.63. The van der Waals surface area contributed by atoms with Crippen molar-refractivity contribution in [1.29, 1.82) is 0 Å². The molecule has 1 heterocycles. The van der Waals surface area contributed by atoms with Crippen LogP contribution in [0.4, 0.5) is 11.5 Å². The fraction of sp³-hybridized carbons (Fsp3) is 0.167. The first-order valence-electron chi connectivity index (χ1n) is 3.14. The maximum atomic E-state index is 10.5. The zero-order valence-electron chi connectivity index (χ0n) is 6.30. The first kappa shape index (κ1) is 8.92. The predicted octanol–water partition coefficient (Wildman–Crippen LogP) is 1.06. The number of halogens is 1. The summed E-state index contributed by atoms with van der Waals surface area (Å²) >= 11 is 3.16. The molecule has 0 spiro atoms. The second-order valence-corrected chi connectivity index (χ2v) is 3.14. The van der Waals surface area contributed by atoms with Crippen molar-refractivity contribution >= 4 is 27.4 Å². The molecule has 0 aliphatic rings. The van der Waals surface area contributed by atoms with Crippen LogP contribution in [0.1, 0.15) is 5.56 Å². The molecule has 3 N–H and O–H groups in total. The van der Waals surface area contributed by atoms with Crippen molar-refractivity contribution in [3.8, 4) is 0 Å². The van der Waals surface area contributed by atoms with E-state index in [1.807, 2.05) is 0 Å². The third kappa shape index (κ3) is 1.38. The molecule has 0 amide bonds. The van der Waals surface area contributed by atoms with Crippen molar-refractivity contribution < 1.29 is 9.91 Å². The zero-order chi connectivity index (χ0) is 9.30. The first-order valence-corrected chi connectivity index (χ1v) is 3.94. The summed E-state index contributed by atoms with van der Waals surface area (Å²) in [6, 6.07) is 0. The summed E-state index contributed by atoms with van der Waals surface area (Å²) in [7, 11) is 0. The Balaban J connectivity index is 3.43. The molecule has 0 unspecified atom stereocenters. The average molecular weight is 233 g/mol. The number of nitrogen functional groups attached to an aromatic ring is 1. The average Bonchev–Trinajstić information content (AvgIpc) is 1.97. The fourth-order valence-electron chi connectivity index (χ4n) is 0.868. The number of H-pyrrole nitrogens is 1. The van der Waals surface area contributed by atoms with Crippen LogP contribution in [0, 0.1) is 17.0 Å². The Bertz CT molecular complexity index is 340. The number of anilines is 1. The molecule has 1 rings (SSSR count). The number of nitrogens with two attached hydrogens (primary N) is 1. The minimum absolute atomic E-state index is 0.0701. The smallest absolute Gasteiger partial charge is 0.281 e. The highest BCUT2D eigenvalue weighted by Crippen LogP contribution is 2.26. The monoisotopic (exact) mass is 232 g/mol. The Hall–Kier alpha value is -1.17. The van der Waals surface area contributed by atoms with Gasteiger partial charge in [0.2, 0.25) is 0 Å². The van der Waals surface area contributed by atoms with E-state index < -0.39 is 4.92 Å². The highest BCUT2D eigenvalue weighted by Gasteiger charge is 2.22. The van der Waals surface area contributed by atoms with Gasteiger partial charge < -0.3 is 0 Å². The van der Waals surface area contributed by atoms with Crippen molar-refractivity contribution in [2.75, 3.05) is 5.73 Å². The van der Waals surface area contributed by atoms with E-state index in [9.17, 15) is 10.1 Å². The molecule has 0 fully saturated rings. The van der Waals surface area contributed by atoms with Crippen molar-refractivity contribution in [1.82, 2.24) is 0 Å². The highest BCUT2D eigenvalue weighted by atomic mass is 79.9. The van der Waals surface area contributed by atoms with E-state index in [1.165, 1.54) is 0 Å². The van der Waals surface area contributed by atoms with Gasteiger partial charge in [-0.2, -0.15) is 0 Å². The molecule has 1 aromatic rings. The second kappa shape index (κ2) is 3.06. The number of nitrogens with zero attached hydrogens (tertiary/aromatic N) is 1. The van der Waals surface area contributed by atoms with Gasteiger partial charge in [0.15, 0.2) is 0 Å². The third-order valence-electron chi connectivity index (χ3n) is 1.51. The molecule has 5 nitrogen and oxygen atoms in total. The minimum atomic E-state index is -0.508. The lowest BCUT2D eigenvalue weighted by molar-refractivity contribution is -0.410. The Morgan fingerprint density at radius 3 is 2.75 bits per heavy atom. The zero-order valence-corrected chi connectivity index (χ0v) is 7.88. The van der Waals surface area contributed by atoms with Crippen molar-refractivity contribution in [3.05, 3.63) is 26.3 Å². The van der Waals surface area contributed by atoms with E-state index >= 15 is 0 Å². The number of rotatable bonds is 1. The van der Waals surface area contributed by atoms with Gasteiger partial charge in [0.05, 0.1) is 15.0 Å². The number of nitrogens with one attached hydrogen (secondary N) is 1. The lowest BCUT2D eigenvalue weighted by Gasteiger charge is -1.97. The van der Waals surface area contributed by atoms with Gasteiger partial charge in [-0.15, -0.1) is 0 Å². The topological polar surface area (TPSA) is 83.3 Å². The van der Waals surface area contributed by atoms with E-state index in [1.54, 1.807) is 13.1 Å². The van der Waals surface area contributed by atoms with Gasteiger partial charge in [0, 0.05) is 0 Å². The quantitative estimate of drug-likeness (QED) is 0.581. The summed E-state index contributed by atoms with van der Waals surface area (Å²) in [5, 5.41) is 10.5. The Kier molecular flexibility index (Phi) is 2.27. The molecule has 0 bridgehead atoms. The summed E-state index contributed by atoms with van der Waals surface area (Å²) in [4.78, 5) is 12.6. The lowest BCUT2D eigenvalue weighted by atomic mass is 10.2. The van der Waals surface area contributed by atoms with Crippen LogP contribution in [0.2, 0.25) is 0 Å². The van der Waals surface area contributed by atoms with Gasteiger partial charge in [0.1, 0.15) is 6.20 Å². The molecule has 0 saturated carbocycles. The molecule has 1 aromatic heterocycles. The van der Waals surface area contributed by atoms with Crippen LogP contribution in [0.25, 0.3) is 0 Å². The molecule has 0 saturated heterocycles. The lowest BCUT2D eigenvalue weighted by Crippen LogP contribution is -2.13. The molecule has 0 aliphatic heterocycles. The Morgan fingerprint density at radius 1 is 1.75 bits per heavy atom. The maximum Gasteiger partial charge on any atom is 0.360 e. The number of aromatic nitrogens is 1. The summed E-state index contributed by atoms with van der Waals surface area (Å²) in [5.74, 6) is 0.0701. The predicted molar refractivity (Wildman–Crippen MR) is 46.5 cm³/mol. The SMILES string of the molecule is Cc1c(Br)c[nH+]c(N)c1[N+](=O)[O-]. The number of hydrogen-bond acceptors (Lipinski definition) is 3. The molecule has 12 heavy (non-hydrogen) atoms. The molecule has 0 aliphatic carbocycles. The standard InChI is InChI=1S/C6H6BrN3O2/c1-3-4(7)2-9-6(8)5(3)10(11)12/h2H,1H3,(H2,8,9)/p+1. The first-order chi connectivity index (χ1) is 5.54. The molecule has 64 valence electrons. The van der Waals surface area contributed by atoms with Crippen LogP contribution in [-0.2, 0) is 0 Å². The second-order valence-electron chi connectivity index (χ2n) is 2.28. The van der Waals surface area contributed by atoms with Gasteiger partial charge in [-0.1, -0.05) is 0 Å². The molecule has 0 aromatic carbocycles. The van der Waals surface area contributed by atoms with Gasteiger partial charge in [-0.3, -0.25) is 15.8 Å². The molecule has 0 radical (unpaired) electrons. The van der Waals surface area contributed by atoms with Crippen molar-refractivity contribution in [2.24, 2.45) is 0 Å². The number of aromatic amines is 1. The maximum absolute atomic E-state index is 10.5. The van der Waals surface area contributed by atoms with Crippen LogP contribution >= 0.6 is 15.9 Å². The molecular weight excluding hydrogens is 226 g/mol. The number of hydrogen-bond donors (Lipinski definition) is 1. The number of nitro groups is 1. The summed E-state index contributed by atoms with van der Waals surface area (Å²) in [5.41, 5.74) is 5.82. The van der Waals surface area contributed by atoms with E-state index in [2.05, 4.69) is 20.9 Å². The minimum Gasteiger partial charge on any atom is -0.281 e. The highest BCUT2D eigenvalue weighted by molar-refractivity contribution is 9.10. The fourth-order valence-corrected chi connectivity index (χ4v) is 1.17. The van der Waals surface area contributed by atoms with Crippen LogP contribution in [-0.4, -0.2) is 4.92 Å². The summed E-state index contributed by atoms with van der Waals surface area (Å²) in [6.07, 6.45) is 1.57.